The van der Waals surface area contributed by atoms with Crippen LogP contribution in [0.15, 0.2) is 48.5 Å². The fraction of sp³-hybridized carbons (Fsp3) is 0.364. The molecule has 0 fully saturated rings. The molecule has 1 aliphatic rings. The molecule has 0 spiro atoms. The van der Waals surface area contributed by atoms with Crippen LogP contribution < -0.4 is 15.0 Å². The van der Waals surface area contributed by atoms with Gasteiger partial charge in [0.1, 0.15) is 17.5 Å². The molecule has 2 aromatic rings. The smallest absolute Gasteiger partial charge is 0.412 e. The summed E-state index contributed by atoms with van der Waals surface area (Å²) in [6, 6.07) is 15.2. The number of carbonyl (C=O) groups excluding carboxylic acids is 1. The number of benzene rings is 2. The molecular weight excluding hydrogens is 372 g/mol. The number of carbonyl (C=O) groups is 2. The lowest BCUT2D eigenvalue weighted by Gasteiger charge is -2.36. The SMILES string of the molecule is CC(C)(C)OC(=O)Nc1ccc2c(c1)N(Cc1ccccc1)C[C@H](CC(=O)O)O2. The van der Waals surface area contributed by atoms with Crippen molar-refractivity contribution in [2.75, 3.05) is 16.8 Å². The molecule has 7 heteroatoms. The molecule has 1 aliphatic heterocycles. The van der Waals surface area contributed by atoms with Gasteiger partial charge in [-0.1, -0.05) is 30.3 Å². The predicted octanol–water partition coefficient (Wildman–Crippen LogP) is 4.28. The van der Waals surface area contributed by atoms with Crippen LogP contribution in [-0.4, -0.2) is 35.4 Å². The molecular formula is C22H26N2O5. The third-order valence-electron chi connectivity index (χ3n) is 4.28. The van der Waals surface area contributed by atoms with Gasteiger partial charge in [-0.3, -0.25) is 10.1 Å². The predicted molar refractivity (Wildman–Crippen MR) is 110 cm³/mol. The lowest BCUT2D eigenvalue weighted by Crippen LogP contribution is -2.40. The zero-order valence-corrected chi connectivity index (χ0v) is 16.8. The molecule has 0 bridgehead atoms. The second-order valence-corrected chi connectivity index (χ2v) is 8.01. The summed E-state index contributed by atoms with van der Waals surface area (Å²) in [7, 11) is 0. The van der Waals surface area contributed by atoms with Crippen LogP contribution in [0, 0.1) is 0 Å². The maximum Gasteiger partial charge on any atom is 0.412 e. The standard InChI is InChI=1S/C22H26N2O5/c1-22(2,3)29-21(27)23-16-9-10-19-18(11-16)24(13-15-7-5-4-6-8-15)14-17(28-19)12-20(25)26/h4-11,17H,12-14H2,1-3H3,(H,23,27)(H,25,26)/t17-/m0/s1. The zero-order chi connectivity index (χ0) is 21.0. The van der Waals surface area contributed by atoms with Crippen molar-refractivity contribution < 1.29 is 24.2 Å². The van der Waals surface area contributed by atoms with Gasteiger partial charge in [-0.2, -0.15) is 0 Å². The molecule has 154 valence electrons. The number of amides is 1. The minimum atomic E-state index is -0.902. The molecule has 1 amide bonds. The van der Waals surface area contributed by atoms with Crippen LogP contribution >= 0.6 is 0 Å². The topological polar surface area (TPSA) is 88.1 Å². The van der Waals surface area contributed by atoms with E-state index in [9.17, 15) is 9.59 Å². The number of rotatable bonds is 5. The van der Waals surface area contributed by atoms with Gasteiger partial charge in [0, 0.05) is 12.2 Å². The lowest BCUT2D eigenvalue weighted by atomic mass is 10.1. The number of aliphatic carboxylic acids is 1. The summed E-state index contributed by atoms with van der Waals surface area (Å²) in [5.41, 5.74) is 1.88. The van der Waals surface area contributed by atoms with Gasteiger partial charge in [0.15, 0.2) is 0 Å². The summed E-state index contributed by atoms with van der Waals surface area (Å²) >= 11 is 0. The third-order valence-corrected chi connectivity index (χ3v) is 4.28. The van der Waals surface area contributed by atoms with E-state index in [0.717, 1.165) is 11.3 Å². The number of carboxylic acid groups (broad SMARTS) is 1. The van der Waals surface area contributed by atoms with Gasteiger partial charge in [-0.05, 0) is 44.5 Å². The first-order chi connectivity index (χ1) is 13.7. The van der Waals surface area contributed by atoms with Gasteiger partial charge < -0.3 is 19.5 Å². The molecule has 7 nitrogen and oxygen atoms in total. The van der Waals surface area contributed by atoms with Crippen molar-refractivity contribution in [1.82, 2.24) is 0 Å². The van der Waals surface area contributed by atoms with Crippen LogP contribution in [0.3, 0.4) is 0 Å². The van der Waals surface area contributed by atoms with Crippen molar-refractivity contribution >= 4 is 23.4 Å². The Morgan fingerprint density at radius 3 is 2.59 bits per heavy atom. The molecule has 0 saturated carbocycles. The molecule has 3 rings (SSSR count). The van der Waals surface area contributed by atoms with E-state index in [1.165, 1.54) is 0 Å². The normalized spacial score (nSPS) is 15.8. The minimum absolute atomic E-state index is 0.0807. The Bertz CT molecular complexity index is 877. The molecule has 0 radical (unpaired) electrons. The number of nitrogens with zero attached hydrogens (tertiary/aromatic N) is 1. The first-order valence-electron chi connectivity index (χ1n) is 9.51. The molecule has 29 heavy (non-hydrogen) atoms. The van der Waals surface area contributed by atoms with Crippen LogP contribution in [0.5, 0.6) is 5.75 Å². The van der Waals surface area contributed by atoms with Gasteiger partial charge in [0.05, 0.1) is 18.7 Å². The Labute approximate surface area is 170 Å². The van der Waals surface area contributed by atoms with Crippen molar-refractivity contribution in [3.63, 3.8) is 0 Å². The lowest BCUT2D eigenvalue weighted by molar-refractivity contribution is -0.138. The Kier molecular flexibility index (Phi) is 5.96. The summed E-state index contributed by atoms with van der Waals surface area (Å²) in [6.45, 7) is 6.44. The van der Waals surface area contributed by atoms with Crippen molar-refractivity contribution in [3.05, 3.63) is 54.1 Å². The van der Waals surface area contributed by atoms with Crippen molar-refractivity contribution in [2.24, 2.45) is 0 Å². The number of ether oxygens (including phenoxy) is 2. The monoisotopic (exact) mass is 398 g/mol. The average molecular weight is 398 g/mol. The van der Waals surface area contributed by atoms with Crippen LogP contribution in [0.1, 0.15) is 32.8 Å². The number of hydrogen-bond donors (Lipinski definition) is 2. The third kappa shape index (κ3) is 5.88. The summed E-state index contributed by atoms with van der Waals surface area (Å²) in [6.07, 6.45) is -1.07. The highest BCUT2D eigenvalue weighted by molar-refractivity contribution is 5.86. The molecule has 0 saturated heterocycles. The first kappa shape index (κ1) is 20.5. The van der Waals surface area contributed by atoms with Crippen LogP contribution in [0.25, 0.3) is 0 Å². The molecule has 1 atom stereocenters. The van der Waals surface area contributed by atoms with E-state index in [2.05, 4.69) is 10.2 Å². The highest BCUT2D eigenvalue weighted by Gasteiger charge is 2.28. The summed E-state index contributed by atoms with van der Waals surface area (Å²) < 4.78 is 11.2. The number of nitrogens with one attached hydrogen (secondary N) is 1. The van der Waals surface area contributed by atoms with E-state index in [1.807, 2.05) is 36.4 Å². The van der Waals surface area contributed by atoms with E-state index in [0.29, 0.717) is 24.5 Å². The molecule has 2 aromatic carbocycles. The van der Waals surface area contributed by atoms with Crippen molar-refractivity contribution in [1.29, 1.82) is 0 Å². The van der Waals surface area contributed by atoms with Gasteiger partial charge in [-0.15, -0.1) is 0 Å². The zero-order valence-electron chi connectivity index (χ0n) is 16.8. The van der Waals surface area contributed by atoms with Gasteiger partial charge in [-0.25, -0.2) is 4.79 Å². The Balaban J connectivity index is 1.84. The molecule has 2 N–H and O–H groups in total. The van der Waals surface area contributed by atoms with Crippen molar-refractivity contribution in [2.45, 2.75) is 45.4 Å². The average Bonchev–Trinajstić information content (AvgIpc) is 2.61. The number of carboxylic acids is 1. The van der Waals surface area contributed by atoms with E-state index < -0.39 is 23.8 Å². The van der Waals surface area contributed by atoms with Gasteiger partial charge in [0.2, 0.25) is 0 Å². The Morgan fingerprint density at radius 2 is 1.93 bits per heavy atom. The Morgan fingerprint density at radius 1 is 1.21 bits per heavy atom. The van der Waals surface area contributed by atoms with E-state index >= 15 is 0 Å². The second-order valence-electron chi connectivity index (χ2n) is 8.01. The largest absolute Gasteiger partial charge is 0.486 e. The second kappa shape index (κ2) is 8.43. The molecule has 0 aromatic heterocycles. The highest BCUT2D eigenvalue weighted by atomic mass is 16.6. The molecule has 0 unspecified atom stereocenters. The minimum Gasteiger partial charge on any atom is -0.486 e. The first-order valence-corrected chi connectivity index (χ1v) is 9.51. The quantitative estimate of drug-likeness (QED) is 0.782. The number of hydrogen-bond acceptors (Lipinski definition) is 5. The highest BCUT2D eigenvalue weighted by Crippen LogP contribution is 2.37. The fourth-order valence-electron chi connectivity index (χ4n) is 3.18. The van der Waals surface area contributed by atoms with Crippen LogP contribution in [0.4, 0.5) is 16.2 Å². The summed E-state index contributed by atoms with van der Waals surface area (Å²) in [5, 5.41) is 11.9. The maximum absolute atomic E-state index is 12.1. The summed E-state index contributed by atoms with van der Waals surface area (Å²) in [5.74, 6) is -0.311. The molecule has 0 aliphatic carbocycles. The maximum atomic E-state index is 12.1. The van der Waals surface area contributed by atoms with Crippen LogP contribution in [-0.2, 0) is 16.1 Å². The fourth-order valence-corrected chi connectivity index (χ4v) is 3.18. The van der Waals surface area contributed by atoms with Crippen LogP contribution in [0.2, 0.25) is 0 Å². The van der Waals surface area contributed by atoms with Crippen molar-refractivity contribution in [3.8, 4) is 5.75 Å². The molecule has 1 heterocycles. The van der Waals surface area contributed by atoms with E-state index in [1.54, 1.807) is 32.9 Å². The Hall–Kier alpha value is -3.22. The summed E-state index contributed by atoms with van der Waals surface area (Å²) in [4.78, 5) is 25.3. The van der Waals surface area contributed by atoms with Gasteiger partial charge in [0.25, 0.3) is 0 Å². The number of anilines is 2. The van der Waals surface area contributed by atoms with E-state index in [4.69, 9.17) is 14.6 Å². The van der Waals surface area contributed by atoms with Gasteiger partial charge >= 0.3 is 12.1 Å². The van der Waals surface area contributed by atoms with E-state index in [-0.39, 0.29) is 6.42 Å². The number of fused-ring (bicyclic) bond motifs is 1.